The molecule has 124 valence electrons. The lowest BCUT2D eigenvalue weighted by atomic mass is 10.2. The van der Waals surface area contributed by atoms with Gasteiger partial charge in [0.05, 0.1) is 5.56 Å². The molecule has 6 heteroatoms. The quantitative estimate of drug-likeness (QED) is 0.938. The average Bonchev–Trinajstić information content (AvgIpc) is 3.01. The maximum absolute atomic E-state index is 12.6. The molecule has 0 bridgehead atoms. The van der Waals surface area contributed by atoms with Gasteiger partial charge in [0.25, 0.3) is 5.91 Å². The highest BCUT2D eigenvalue weighted by molar-refractivity contribution is 6.08. The lowest BCUT2D eigenvalue weighted by Crippen LogP contribution is -2.24. The van der Waals surface area contributed by atoms with Crippen LogP contribution in [-0.2, 0) is 4.79 Å². The van der Waals surface area contributed by atoms with Crippen molar-refractivity contribution in [2.45, 2.75) is 12.8 Å². The molecule has 2 aromatic rings. The standard InChI is InChI=1S/C18H20N4O2/c1-21(2)17-15(8-4-10-19-17)18(24)20-13-6-3-7-14(12-13)22-11-5-9-16(22)23/h3-4,6-8,10,12H,5,9,11H2,1-2H3,(H,20,24). The Kier molecular flexibility index (Phi) is 4.46. The van der Waals surface area contributed by atoms with Crippen LogP contribution in [0.25, 0.3) is 0 Å². The van der Waals surface area contributed by atoms with Gasteiger partial charge in [-0.3, -0.25) is 9.59 Å². The summed E-state index contributed by atoms with van der Waals surface area (Å²) in [5, 5.41) is 2.89. The summed E-state index contributed by atoms with van der Waals surface area (Å²) in [6.07, 6.45) is 3.11. The van der Waals surface area contributed by atoms with E-state index in [9.17, 15) is 9.59 Å². The second-order valence-corrected chi connectivity index (χ2v) is 5.92. The number of nitrogens with one attached hydrogen (secondary N) is 1. The molecule has 0 radical (unpaired) electrons. The van der Waals surface area contributed by atoms with Gasteiger partial charge in [-0.25, -0.2) is 4.98 Å². The van der Waals surface area contributed by atoms with E-state index in [1.807, 2.05) is 38.4 Å². The van der Waals surface area contributed by atoms with Crippen LogP contribution in [0, 0.1) is 0 Å². The summed E-state index contributed by atoms with van der Waals surface area (Å²) in [7, 11) is 3.69. The number of nitrogens with zero attached hydrogens (tertiary/aromatic N) is 3. The van der Waals surface area contributed by atoms with Crippen molar-refractivity contribution in [3.05, 3.63) is 48.2 Å². The minimum atomic E-state index is -0.225. The Labute approximate surface area is 141 Å². The van der Waals surface area contributed by atoms with Gasteiger partial charge in [0.15, 0.2) is 0 Å². The molecular weight excluding hydrogens is 304 g/mol. The number of carbonyl (C=O) groups excluding carboxylic acids is 2. The smallest absolute Gasteiger partial charge is 0.259 e. The molecule has 2 amide bonds. The minimum absolute atomic E-state index is 0.126. The van der Waals surface area contributed by atoms with E-state index in [0.29, 0.717) is 23.5 Å². The van der Waals surface area contributed by atoms with E-state index < -0.39 is 0 Å². The van der Waals surface area contributed by atoms with E-state index >= 15 is 0 Å². The molecule has 24 heavy (non-hydrogen) atoms. The van der Waals surface area contributed by atoms with Gasteiger partial charge in [-0.15, -0.1) is 0 Å². The van der Waals surface area contributed by atoms with Crippen molar-refractivity contribution in [3.8, 4) is 0 Å². The van der Waals surface area contributed by atoms with E-state index in [1.165, 1.54) is 0 Å². The van der Waals surface area contributed by atoms with Crippen molar-refractivity contribution < 1.29 is 9.59 Å². The Morgan fingerprint density at radius 2 is 2.08 bits per heavy atom. The Bertz CT molecular complexity index is 773. The average molecular weight is 324 g/mol. The van der Waals surface area contributed by atoms with Gasteiger partial charge in [0.1, 0.15) is 5.82 Å². The van der Waals surface area contributed by atoms with Crippen LogP contribution >= 0.6 is 0 Å². The van der Waals surface area contributed by atoms with Crippen LogP contribution in [0.4, 0.5) is 17.2 Å². The number of benzene rings is 1. The lowest BCUT2D eigenvalue weighted by Gasteiger charge is -2.18. The Morgan fingerprint density at radius 1 is 1.25 bits per heavy atom. The van der Waals surface area contributed by atoms with Crippen LogP contribution in [0.5, 0.6) is 0 Å². The molecule has 1 fully saturated rings. The first-order valence-corrected chi connectivity index (χ1v) is 7.90. The van der Waals surface area contributed by atoms with Crippen molar-refractivity contribution in [2.24, 2.45) is 0 Å². The fourth-order valence-electron chi connectivity index (χ4n) is 2.80. The second kappa shape index (κ2) is 6.70. The number of pyridine rings is 1. The molecule has 6 nitrogen and oxygen atoms in total. The van der Waals surface area contributed by atoms with E-state index in [2.05, 4.69) is 10.3 Å². The highest BCUT2D eigenvalue weighted by atomic mass is 16.2. The number of carbonyl (C=O) groups is 2. The SMILES string of the molecule is CN(C)c1ncccc1C(=O)Nc1cccc(N2CCCC2=O)c1. The Hall–Kier alpha value is -2.89. The summed E-state index contributed by atoms with van der Waals surface area (Å²) in [6, 6.07) is 10.8. The fraction of sp³-hybridized carbons (Fsp3) is 0.278. The number of aromatic nitrogens is 1. The zero-order chi connectivity index (χ0) is 17.1. The third-order valence-corrected chi connectivity index (χ3v) is 3.94. The molecule has 0 unspecified atom stereocenters. The van der Waals surface area contributed by atoms with Gasteiger partial charge in [-0.05, 0) is 36.8 Å². The third-order valence-electron chi connectivity index (χ3n) is 3.94. The van der Waals surface area contributed by atoms with Crippen LogP contribution in [0.15, 0.2) is 42.6 Å². The third kappa shape index (κ3) is 3.22. The van der Waals surface area contributed by atoms with Gasteiger partial charge in [0.2, 0.25) is 5.91 Å². The largest absolute Gasteiger partial charge is 0.362 e. The highest BCUT2D eigenvalue weighted by Crippen LogP contribution is 2.25. The first-order valence-electron chi connectivity index (χ1n) is 7.90. The Balaban J connectivity index is 1.82. The summed E-state index contributed by atoms with van der Waals surface area (Å²) in [5.74, 6) is 0.512. The summed E-state index contributed by atoms with van der Waals surface area (Å²) < 4.78 is 0. The van der Waals surface area contributed by atoms with Crippen molar-refractivity contribution >= 4 is 29.0 Å². The summed E-state index contributed by atoms with van der Waals surface area (Å²) in [4.78, 5) is 32.3. The number of rotatable bonds is 4. The molecule has 0 aliphatic carbocycles. The van der Waals surface area contributed by atoms with Gasteiger partial charge >= 0.3 is 0 Å². The topological polar surface area (TPSA) is 65.5 Å². The Morgan fingerprint density at radius 3 is 2.79 bits per heavy atom. The van der Waals surface area contributed by atoms with Crippen molar-refractivity contribution in [3.63, 3.8) is 0 Å². The maximum atomic E-state index is 12.6. The molecule has 1 N–H and O–H groups in total. The van der Waals surface area contributed by atoms with Gasteiger partial charge in [0, 0.05) is 44.6 Å². The number of amides is 2. The summed E-state index contributed by atoms with van der Waals surface area (Å²) in [5.41, 5.74) is 1.98. The zero-order valence-electron chi connectivity index (χ0n) is 13.8. The molecule has 3 rings (SSSR count). The molecule has 1 aliphatic heterocycles. The number of hydrogen-bond donors (Lipinski definition) is 1. The molecular formula is C18H20N4O2. The number of hydrogen-bond acceptors (Lipinski definition) is 4. The molecule has 1 aliphatic rings. The van der Waals surface area contributed by atoms with E-state index in [0.717, 1.165) is 18.7 Å². The van der Waals surface area contributed by atoms with Gasteiger partial charge in [-0.1, -0.05) is 6.07 Å². The molecule has 2 heterocycles. The van der Waals surface area contributed by atoms with E-state index in [4.69, 9.17) is 0 Å². The minimum Gasteiger partial charge on any atom is -0.362 e. The summed E-state index contributed by atoms with van der Waals surface area (Å²) in [6.45, 7) is 0.726. The first kappa shape index (κ1) is 16.0. The zero-order valence-corrected chi connectivity index (χ0v) is 13.8. The van der Waals surface area contributed by atoms with Crippen molar-refractivity contribution in [2.75, 3.05) is 35.8 Å². The molecule has 0 saturated carbocycles. The van der Waals surface area contributed by atoms with Crippen LogP contribution in [0.1, 0.15) is 23.2 Å². The highest BCUT2D eigenvalue weighted by Gasteiger charge is 2.22. The van der Waals surface area contributed by atoms with E-state index in [-0.39, 0.29) is 11.8 Å². The van der Waals surface area contributed by atoms with Crippen LogP contribution < -0.4 is 15.1 Å². The van der Waals surface area contributed by atoms with Crippen molar-refractivity contribution in [1.29, 1.82) is 0 Å². The van der Waals surface area contributed by atoms with Crippen LogP contribution in [0.2, 0.25) is 0 Å². The van der Waals surface area contributed by atoms with Gasteiger partial charge < -0.3 is 15.1 Å². The van der Waals surface area contributed by atoms with Gasteiger partial charge in [-0.2, -0.15) is 0 Å². The summed E-state index contributed by atoms with van der Waals surface area (Å²) >= 11 is 0. The van der Waals surface area contributed by atoms with Crippen LogP contribution in [0.3, 0.4) is 0 Å². The molecule has 1 aromatic heterocycles. The van der Waals surface area contributed by atoms with E-state index in [1.54, 1.807) is 28.1 Å². The first-order chi connectivity index (χ1) is 11.6. The molecule has 1 aromatic carbocycles. The second-order valence-electron chi connectivity index (χ2n) is 5.92. The molecule has 0 atom stereocenters. The normalized spacial score (nSPS) is 13.9. The predicted octanol–water partition coefficient (Wildman–Crippen LogP) is 2.53. The predicted molar refractivity (Wildman–Crippen MR) is 94.5 cm³/mol. The molecule has 0 spiro atoms. The van der Waals surface area contributed by atoms with Crippen molar-refractivity contribution in [1.82, 2.24) is 4.98 Å². The maximum Gasteiger partial charge on any atom is 0.259 e. The number of anilines is 3. The monoisotopic (exact) mass is 324 g/mol. The lowest BCUT2D eigenvalue weighted by molar-refractivity contribution is -0.117. The van der Waals surface area contributed by atoms with Crippen LogP contribution in [-0.4, -0.2) is 37.4 Å². The fourth-order valence-corrected chi connectivity index (χ4v) is 2.80. The molecule has 1 saturated heterocycles.